The van der Waals surface area contributed by atoms with Crippen LogP contribution in [0.5, 0.6) is 0 Å². The zero-order chi connectivity index (χ0) is 19.7. The summed E-state index contributed by atoms with van der Waals surface area (Å²) in [6.07, 6.45) is 1.05. The molecule has 0 unspecified atom stereocenters. The van der Waals surface area contributed by atoms with Crippen molar-refractivity contribution in [1.29, 1.82) is 0 Å². The second-order valence-electron chi connectivity index (χ2n) is 7.00. The van der Waals surface area contributed by atoms with E-state index in [4.69, 9.17) is 0 Å². The van der Waals surface area contributed by atoms with Gasteiger partial charge in [0.05, 0.1) is 12.1 Å². The van der Waals surface area contributed by atoms with Gasteiger partial charge in [-0.1, -0.05) is 23.8 Å². The van der Waals surface area contributed by atoms with Crippen LogP contribution >= 0.6 is 11.3 Å². The Morgan fingerprint density at radius 2 is 2.07 bits per heavy atom. The average molecular weight is 391 g/mol. The number of anilines is 2. The minimum atomic E-state index is -0.0949. The Balaban J connectivity index is 1.42. The number of nitrogens with one attached hydrogen (secondary N) is 1. The van der Waals surface area contributed by atoms with Crippen molar-refractivity contribution in [2.75, 3.05) is 16.8 Å². The summed E-state index contributed by atoms with van der Waals surface area (Å²) >= 11 is 1.55. The molecule has 2 heterocycles. The number of aryl methyl sites for hydroxylation is 1. The lowest BCUT2D eigenvalue weighted by Crippen LogP contribution is -2.25. The number of fused-ring (bicyclic) bond motifs is 1. The van der Waals surface area contributed by atoms with E-state index >= 15 is 0 Å². The topological polar surface area (TPSA) is 62.3 Å². The van der Waals surface area contributed by atoms with Crippen LogP contribution in [0.2, 0.25) is 0 Å². The Bertz CT molecular complexity index is 1060. The van der Waals surface area contributed by atoms with Crippen molar-refractivity contribution < 1.29 is 9.59 Å². The van der Waals surface area contributed by atoms with Crippen molar-refractivity contribution >= 4 is 34.5 Å². The first-order chi connectivity index (χ1) is 13.5. The van der Waals surface area contributed by atoms with E-state index in [0.717, 1.165) is 39.6 Å². The molecule has 3 aromatic rings. The standard InChI is InChI=1S/C22H21N3O2S/c1-14-4-3-5-17(10-14)22-24-19(13-28-22)12-21(27)23-18-6-7-20-16(11-18)8-9-25(20)15(2)26/h3-7,10-11,13H,8-9,12H2,1-2H3,(H,23,27). The molecule has 2 amide bonds. The Labute approximate surface area is 168 Å². The van der Waals surface area contributed by atoms with Crippen molar-refractivity contribution in [3.8, 4) is 10.6 Å². The van der Waals surface area contributed by atoms with Crippen LogP contribution in [0.25, 0.3) is 10.6 Å². The highest BCUT2D eigenvalue weighted by atomic mass is 32.1. The molecule has 1 aliphatic heterocycles. The van der Waals surface area contributed by atoms with E-state index in [-0.39, 0.29) is 18.2 Å². The fraction of sp³-hybridized carbons (Fsp3) is 0.227. The van der Waals surface area contributed by atoms with Gasteiger partial charge < -0.3 is 10.2 Å². The lowest BCUT2D eigenvalue weighted by atomic mass is 10.1. The summed E-state index contributed by atoms with van der Waals surface area (Å²) < 4.78 is 0. The van der Waals surface area contributed by atoms with Crippen molar-refractivity contribution in [2.24, 2.45) is 0 Å². The molecule has 142 valence electrons. The minimum Gasteiger partial charge on any atom is -0.326 e. The maximum atomic E-state index is 12.4. The van der Waals surface area contributed by atoms with Crippen LogP contribution in [0, 0.1) is 6.92 Å². The monoisotopic (exact) mass is 391 g/mol. The van der Waals surface area contributed by atoms with Gasteiger partial charge in [0.15, 0.2) is 0 Å². The van der Waals surface area contributed by atoms with Gasteiger partial charge in [0.25, 0.3) is 0 Å². The predicted molar refractivity (Wildman–Crippen MR) is 113 cm³/mol. The van der Waals surface area contributed by atoms with Gasteiger partial charge in [-0.15, -0.1) is 11.3 Å². The Hall–Kier alpha value is -2.99. The van der Waals surface area contributed by atoms with Crippen molar-refractivity contribution in [2.45, 2.75) is 26.7 Å². The van der Waals surface area contributed by atoms with Gasteiger partial charge >= 0.3 is 0 Å². The lowest BCUT2D eigenvalue weighted by Gasteiger charge is -2.15. The number of hydrogen-bond donors (Lipinski definition) is 1. The maximum Gasteiger partial charge on any atom is 0.230 e. The third-order valence-electron chi connectivity index (χ3n) is 4.80. The van der Waals surface area contributed by atoms with Gasteiger partial charge in [-0.2, -0.15) is 0 Å². The molecular weight excluding hydrogens is 370 g/mol. The molecule has 0 aliphatic carbocycles. The van der Waals surface area contributed by atoms with Gasteiger partial charge in [0, 0.05) is 35.8 Å². The summed E-state index contributed by atoms with van der Waals surface area (Å²) in [4.78, 5) is 30.5. The van der Waals surface area contributed by atoms with E-state index in [1.54, 1.807) is 23.2 Å². The number of benzene rings is 2. The Morgan fingerprint density at radius 3 is 2.86 bits per heavy atom. The first-order valence-corrected chi connectivity index (χ1v) is 10.1. The van der Waals surface area contributed by atoms with E-state index in [2.05, 4.69) is 29.4 Å². The molecule has 1 aromatic heterocycles. The molecule has 6 heteroatoms. The average Bonchev–Trinajstić information content (AvgIpc) is 3.28. The van der Waals surface area contributed by atoms with Crippen LogP contribution in [-0.2, 0) is 22.4 Å². The number of amides is 2. The second-order valence-corrected chi connectivity index (χ2v) is 7.86. The van der Waals surface area contributed by atoms with E-state index in [1.165, 1.54) is 5.56 Å². The third-order valence-corrected chi connectivity index (χ3v) is 5.74. The molecule has 2 aromatic carbocycles. The van der Waals surface area contributed by atoms with Crippen LogP contribution in [-0.4, -0.2) is 23.3 Å². The zero-order valence-electron chi connectivity index (χ0n) is 15.9. The highest BCUT2D eigenvalue weighted by Gasteiger charge is 2.22. The molecule has 1 aliphatic rings. The van der Waals surface area contributed by atoms with Crippen LogP contribution in [0.15, 0.2) is 47.8 Å². The van der Waals surface area contributed by atoms with Crippen molar-refractivity contribution in [3.63, 3.8) is 0 Å². The Morgan fingerprint density at radius 1 is 1.21 bits per heavy atom. The maximum absolute atomic E-state index is 12.4. The van der Waals surface area contributed by atoms with E-state index in [1.807, 2.05) is 35.7 Å². The minimum absolute atomic E-state index is 0.0449. The number of carbonyl (C=O) groups excluding carboxylic acids is 2. The number of thiazole rings is 1. The van der Waals surface area contributed by atoms with Gasteiger partial charge in [0.2, 0.25) is 11.8 Å². The van der Waals surface area contributed by atoms with E-state index < -0.39 is 0 Å². The fourth-order valence-electron chi connectivity index (χ4n) is 3.48. The van der Waals surface area contributed by atoms with Crippen LogP contribution in [0.3, 0.4) is 0 Å². The SMILES string of the molecule is CC(=O)N1CCc2cc(NC(=O)Cc3csc(-c4cccc(C)c4)n3)ccc21. The summed E-state index contributed by atoms with van der Waals surface area (Å²) in [5, 5.41) is 5.80. The molecule has 0 fully saturated rings. The fourth-order valence-corrected chi connectivity index (χ4v) is 4.29. The van der Waals surface area contributed by atoms with Crippen molar-refractivity contribution in [1.82, 2.24) is 4.98 Å². The molecule has 0 radical (unpaired) electrons. The molecule has 0 saturated heterocycles. The molecule has 0 saturated carbocycles. The summed E-state index contributed by atoms with van der Waals surface area (Å²) in [6, 6.07) is 13.9. The number of hydrogen-bond acceptors (Lipinski definition) is 4. The molecule has 5 nitrogen and oxygen atoms in total. The van der Waals surface area contributed by atoms with Crippen LogP contribution in [0.1, 0.15) is 23.7 Å². The van der Waals surface area contributed by atoms with Crippen LogP contribution < -0.4 is 10.2 Å². The van der Waals surface area contributed by atoms with Crippen molar-refractivity contribution in [3.05, 3.63) is 64.7 Å². The van der Waals surface area contributed by atoms with Gasteiger partial charge in [-0.25, -0.2) is 4.98 Å². The molecule has 4 rings (SSSR count). The zero-order valence-corrected chi connectivity index (χ0v) is 16.7. The first kappa shape index (κ1) is 18.4. The number of carbonyl (C=O) groups is 2. The summed E-state index contributed by atoms with van der Waals surface area (Å²) in [5.41, 5.74) is 5.81. The van der Waals surface area contributed by atoms with Gasteiger partial charge in [-0.3, -0.25) is 9.59 Å². The second kappa shape index (κ2) is 7.56. The highest BCUT2D eigenvalue weighted by Crippen LogP contribution is 2.30. The van der Waals surface area contributed by atoms with E-state index in [9.17, 15) is 9.59 Å². The normalized spacial score (nSPS) is 12.7. The number of aromatic nitrogens is 1. The smallest absolute Gasteiger partial charge is 0.230 e. The number of nitrogens with zero attached hydrogens (tertiary/aromatic N) is 2. The predicted octanol–water partition coefficient (Wildman–Crippen LogP) is 4.21. The molecular formula is C22H21N3O2S. The third kappa shape index (κ3) is 3.82. The largest absolute Gasteiger partial charge is 0.326 e. The summed E-state index contributed by atoms with van der Waals surface area (Å²) in [5.74, 6) is -0.0501. The molecule has 0 atom stereocenters. The highest BCUT2D eigenvalue weighted by molar-refractivity contribution is 7.13. The van der Waals surface area contributed by atoms with Gasteiger partial charge in [0.1, 0.15) is 5.01 Å². The van der Waals surface area contributed by atoms with Gasteiger partial charge in [-0.05, 0) is 43.2 Å². The first-order valence-electron chi connectivity index (χ1n) is 9.22. The van der Waals surface area contributed by atoms with Crippen LogP contribution in [0.4, 0.5) is 11.4 Å². The summed E-state index contributed by atoms with van der Waals surface area (Å²) in [6.45, 7) is 4.32. The van der Waals surface area contributed by atoms with E-state index in [0.29, 0.717) is 6.54 Å². The lowest BCUT2D eigenvalue weighted by molar-refractivity contribution is -0.117. The number of rotatable bonds is 4. The molecule has 0 spiro atoms. The molecule has 0 bridgehead atoms. The molecule has 1 N–H and O–H groups in total. The summed E-state index contributed by atoms with van der Waals surface area (Å²) in [7, 11) is 0. The molecule has 28 heavy (non-hydrogen) atoms. The quantitative estimate of drug-likeness (QED) is 0.725. The Kier molecular flexibility index (Phi) is 4.96.